The lowest BCUT2D eigenvalue weighted by Gasteiger charge is -2.09. The van der Waals surface area contributed by atoms with Crippen LogP contribution in [0.25, 0.3) is 0 Å². The fraction of sp³-hybridized carbons (Fsp3) is 0.0667. The van der Waals surface area contributed by atoms with Crippen molar-refractivity contribution in [1.82, 2.24) is 21.2 Å². The number of hydrogen-bond acceptors (Lipinski definition) is 4. The lowest BCUT2D eigenvalue weighted by molar-refractivity contribution is -0.120. The Morgan fingerprint density at radius 2 is 1.78 bits per heavy atom. The van der Waals surface area contributed by atoms with Crippen molar-refractivity contribution in [1.29, 1.82) is 0 Å². The van der Waals surface area contributed by atoms with Gasteiger partial charge in [0.25, 0.3) is 17.7 Å². The molecule has 2 rings (SSSR count). The Kier molecular flexibility index (Phi) is 5.65. The molecule has 1 aromatic carbocycles. The zero-order valence-electron chi connectivity index (χ0n) is 11.9. The van der Waals surface area contributed by atoms with Crippen molar-refractivity contribution in [2.24, 2.45) is 0 Å². The maximum absolute atomic E-state index is 11.9. The van der Waals surface area contributed by atoms with Crippen molar-refractivity contribution < 1.29 is 14.4 Å². The van der Waals surface area contributed by atoms with E-state index in [1.54, 1.807) is 36.4 Å². The van der Waals surface area contributed by atoms with E-state index in [0.29, 0.717) is 5.56 Å². The molecule has 0 unspecified atom stereocenters. The molecule has 2 aromatic rings. The molecule has 0 aliphatic carbocycles. The van der Waals surface area contributed by atoms with E-state index in [1.165, 1.54) is 12.4 Å². The third-order valence-electron chi connectivity index (χ3n) is 2.77. The molecule has 0 fully saturated rings. The molecule has 0 aliphatic heterocycles. The van der Waals surface area contributed by atoms with Crippen molar-refractivity contribution in [3.63, 3.8) is 0 Å². The first kappa shape index (κ1) is 16.4. The molecule has 118 valence electrons. The second kappa shape index (κ2) is 7.90. The van der Waals surface area contributed by atoms with Gasteiger partial charge in [-0.3, -0.25) is 30.2 Å². The van der Waals surface area contributed by atoms with Gasteiger partial charge in [0.2, 0.25) is 0 Å². The molecule has 3 amide bonds. The van der Waals surface area contributed by atoms with E-state index in [-0.39, 0.29) is 17.1 Å². The quantitative estimate of drug-likeness (QED) is 0.725. The molecule has 1 heterocycles. The molecule has 0 saturated heterocycles. The Bertz CT molecular complexity index is 722. The van der Waals surface area contributed by atoms with Gasteiger partial charge in [-0.05, 0) is 24.3 Å². The normalized spacial score (nSPS) is 9.78. The van der Waals surface area contributed by atoms with Gasteiger partial charge in [-0.1, -0.05) is 23.7 Å². The van der Waals surface area contributed by atoms with E-state index in [2.05, 4.69) is 21.2 Å². The van der Waals surface area contributed by atoms with E-state index in [0.717, 1.165) is 0 Å². The first-order chi connectivity index (χ1) is 11.1. The highest BCUT2D eigenvalue weighted by atomic mass is 35.5. The van der Waals surface area contributed by atoms with Crippen LogP contribution in [0.4, 0.5) is 0 Å². The molecule has 0 aliphatic rings. The molecule has 0 spiro atoms. The van der Waals surface area contributed by atoms with Crippen molar-refractivity contribution in [3.05, 3.63) is 64.9 Å². The largest absolute Gasteiger partial charge is 0.343 e. The Labute approximate surface area is 137 Å². The third-order valence-corrected chi connectivity index (χ3v) is 3.10. The fourth-order valence-corrected chi connectivity index (χ4v) is 1.86. The number of aromatic nitrogens is 1. The van der Waals surface area contributed by atoms with Crippen molar-refractivity contribution >= 4 is 29.3 Å². The number of nitrogens with one attached hydrogen (secondary N) is 3. The minimum Gasteiger partial charge on any atom is -0.343 e. The molecule has 0 atom stereocenters. The standard InChI is InChI=1S/C15H13ClN4O3/c16-12-6-2-1-5-11(12)15(23)18-9-13(21)19-20-14(22)10-4-3-7-17-8-10/h1-8H,9H2,(H,18,23)(H,19,21)(H,20,22). The van der Waals surface area contributed by atoms with E-state index < -0.39 is 17.7 Å². The summed E-state index contributed by atoms with van der Waals surface area (Å²) in [5.74, 6) is -1.57. The highest BCUT2D eigenvalue weighted by molar-refractivity contribution is 6.33. The van der Waals surface area contributed by atoms with Gasteiger partial charge in [-0.2, -0.15) is 0 Å². The number of amides is 3. The van der Waals surface area contributed by atoms with Gasteiger partial charge in [0.15, 0.2) is 0 Å². The number of benzene rings is 1. The number of nitrogens with zero attached hydrogens (tertiary/aromatic N) is 1. The van der Waals surface area contributed by atoms with Gasteiger partial charge >= 0.3 is 0 Å². The summed E-state index contributed by atoms with van der Waals surface area (Å²) in [6, 6.07) is 9.62. The summed E-state index contributed by atoms with van der Waals surface area (Å²) >= 11 is 5.88. The molecule has 3 N–H and O–H groups in total. The summed E-state index contributed by atoms with van der Waals surface area (Å²) in [4.78, 5) is 38.9. The highest BCUT2D eigenvalue weighted by Gasteiger charge is 2.11. The van der Waals surface area contributed by atoms with Gasteiger partial charge in [0.1, 0.15) is 0 Å². The predicted octanol–water partition coefficient (Wildman–Crippen LogP) is 0.926. The molecular formula is C15H13ClN4O3. The van der Waals surface area contributed by atoms with Gasteiger partial charge in [0, 0.05) is 12.4 Å². The lowest BCUT2D eigenvalue weighted by Crippen LogP contribution is -2.46. The fourth-order valence-electron chi connectivity index (χ4n) is 1.64. The maximum Gasteiger partial charge on any atom is 0.271 e. The van der Waals surface area contributed by atoms with E-state index >= 15 is 0 Å². The van der Waals surface area contributed by atoms with Crippen LogP contribution in [0.1, 0.15) is 20.7 Å². The topological polar surface area (TPSA) is 100 Å². The van der Waals surface area contributed by atoms with Crippen LogP contribution in [0.15, 0.2) is 48.8 Å². The van der Waals surface area contributed by atoms with Gasteiger partial charge in [0.05, 0.1) is 22.7 Å². The number of carbonyl (C=O) groups excluding carboxylic acids is 3. The summed E-state index contributed by atoms with van der Waals surface area (Å²) in [6.45, 7) is -0.308. The second-order valence-electron chi connectivity index (χ2n) is 4.41. The minimum absolute atomic E-state index is 0.265. The average molecular weight is 333 g/mol. The predicted molar refractivity (Wildman–Crippen MR) is 83.6 cm³/mol. The smallest absolute Gasteiger partial charge is 0.271 e. The summed E-state index contributed by atoms with van der Waals surface area (Å²) in [6.07, 6.45) is 2.89. The summed E-state index contributed by atoms with van der Waals surface area (Å²) in [5, 5.41) is 2.69. The van der Waals surface area contributed by atoms with Crippen LogP contribution in [-0.4, -0.2) is 29.3 Å². The number of halogens is 1. The van der Waals surface area contributed by atoms with Crippen LogP contribution in [0, 0.1) is 0 Å². The summed E-state index contributed by atoms with van der Waals surface area (Å²) in [5.41, 5.74) is 4.97. The molecule has 0 radical (unpaired) electrons. The Morgan fingerprint density at radius 3 is 2.48 bits per heavy atom. The number of rotatable bonds is 4. The zero-order valence-corrected chi connectivity index (χ0v) is 12.6. The molecule has 0 saturated carbocycles. The first-order valence-corrected chi connectivity index (χ1v) is 6.97. The Morgan fingerprint density at radius 1 is 1.00 bits per heavy atom. The molecule has 0 bridgehead atoms. The summed E-state index contributed by atoms with van der Waals surface area (Å²) in [7, 11) is 0. The second-order valence-corrected chi connectivity index (χ2v) is 4.81. The van der Waals surface area contributed by atoms with Gasteiger partial charge in [-0.15, -0.1) is 0 Å². The third kappa shape index (κ3) is 4.79. The molecular weight excluding hydrogens is 320 g/mol. The minimum atomic E-state index is -0.581. The number of pyridine rings is 1. The van der Waals surface area contributed by atoms with E-state index in [9.17, 15) is 14.4 Å². The van der Waals surface area contributed by atoms with E-state index in [1.807, 2.05) is 0 Å². The number of hydrazine groups is 1. The molecule has 7 nitrogen and oxygen atoms in total. The van der Waals surface area contributed by atoms with Crippen LogP contribution >= 0.6 is 11.6 Å². The summed E-state index contributed by atoms with van der Waals surface area (Å²) < 4.78 is 0. The van der Waals surface area contributed by atoms with Crippen LogP contribution in [0.2, 0.25) is 5.02 Å². The Balaban J connectivity index is 1.78. The van der Waals surface area contributed by atoms with Crippen LogP contribution in [0.5, 0.6) is 0 Å². The Hall–Kier alpha value is -2.93. The lowest BCUT2D eigenvalue weighted by atomic mass is 10.2. The van der Waals surface area contributed by atoms with Crippen LogP contribution in [-0.2, 0) is 4.79 Å². The van der Waals surface area contributed by atoms with Crippen molar-refractivity contribution in [3.8, 4) is 0 Å². The number of hydrogen-bond donors (Lipinski definition) is 3. The zero-order chi connectivity index (χ0) is 16.7. The monoisotopic (exact) mass is 332 g/mol. The van der Waals surface area contributed by atoms with Crippen LogP contribution in [0.3, 0.4) is 0 Å². The first-order valence-electron chi connectivity index (χ1n) is 6.60. The molecule has 23 heavy (non-hydrogen) atoms. The molecule has 8 heteroatoms. The van der Waals surface area contributed by atoms with Gasteiger partial charge in [-0.25, -0.2) is 0 Å². The van der Waals surface area contributed by atoms with Crippen LogP contribution < -0.4 is 16.2 Å². The van der Waals surface area contributed by atoms with Crippen molar-refractivity contribution in [2.45, 2.75) is 0 Å². The van der Waals surface area contributed by atoms with E-state index in [4.69, 9.17) is 11.6 Å². The van der Waals surface area contributed by atoms with Gasteiger partial charge < -0.3 is 5.32 Å². The molecule has 1 aromatic heterocycles. The van der Waals surface area contributed by atoms with Crippen molar-refractivity contribution in [2.75, 3.05) is 6.54 Å². The SMILES string of the molecule is O=C(CNC(=O)c1ccccc1Cl)NNC(=O)c1cccnc1. The highest BCUT2D eigenvalue weighted by Crippen LogP contribution is 2.14. The maximum atomic E-state index is 11.9. The average Bonchev–Trinajstić information content (AvgIpc) is 2.58. The number of carbonyl (C=O) groups is 3.